The van der Waals surface area contributed by atoms with Gasteiger partial charge in [0.25, 0.3) is 0 Å². The van der Waals surface area contributed by atoms with Crippen LogP contribution >= 0.6 is 0 Å². The average Bonchev–Trinajstić information content (AvgIpc) is 3.74. The number of ether oxygens (including phenoxy) is 1. The van der Waals surface area contributed by atoms with Crippen LogP contribution in [0.5, 0.6) is 5.75 Å². The fourth-order valence-electron chi connectivity index (χ4n) is 5.76. The Bertz CT molecular complexity index is 1350. The number of hydrogen-bond donors (Lipinski definition) is 1. The molecule has 0 atom stereocenters. The highest BCUT2D eigenvalue weighted by molar-refractivity contribution is 5.73. The number of anilines is 3. The van der Waals surface area contributed by atoms with Crippen molar-refractivity contribution in [2.75, 3.05) is 43.0 Å². The first-order valence-corrected chi connectivity index (χ1v) is 13.9. The third-order valence-corrected chi connectivity index (χ3v) is 8.05. The van der Waals surface area contributed by atoms with Crippen molar-refractivity contribution < 1.29 is 17.9 Å². The summed E-state index contributed by atoms with van der Waals surface area (Å²) in [5.41, 5.74) is 2.00. The predicted octanol–water partition coefficient (Wildman–Crippen LogP) is 6.50. The number of likely N-dealkylation sites (tertiary alicyclic amines) is 1. The predicted molar refractivity (Wildman–Crippen MR) is 146 cm³/mol. The molecule has 1 saturated heterocycles. The average molecular weight is 538 g/mol. The molecule has 0 spiro atoms. The van der Waals surface area contributed by atoms with Crippen LogP contribution in [-0.4, -0.2) is 53.7 Å². The van der Waals surface area contributed by atoms with Gasteiger partial charge in [-0.1, -0.05) is 6.07 Å². The van der Waals surface area contributed by atoms with Gasteiger partial charge in [0.05, 0.1) is 18.4 Å². The maximum Gasteiger partial charge on any atom is 0.227 e. The molecule has 3 heterocycles. The topological polar surface area (TPSA) is 53.5 Å². The molecule has 1 aliphatic carbocycles. The monoisotopic (exact) mass is 537 g/mol. The highest BCUT2D eigenvalue weighted by Crippen LogP contribution is 2.40. The van der Waals surface area contributed by atoms with E-state index in [-0.39, 0.29) is 40.7 Å². The van der Waals surface area contributed by atoms with E-state index in [1.54, 1.807) is 12.1 Å². The van der Waals surface area contributed by atoms with Crippen molar-refractivity contribution in [2.24, 2.45) is 5.92 Å². The highest BCUT2D eigenvalue weighted by Gasteiger charge is 2.29. The van der Waals surface area contributed by atoms with Crippen LogP contribution in [0.4, 0.5) is 30.5 Å². The molecule has 1 saturated carbocycles. The Balaban J connectivity index is 1.20. The van der Waals surface area contributed by atoms with Crippen molar-refractivity contribution in [1.82, 2.24) is 14.9 Å². The molecule has 3 aromatic rings. The van der Waals surface area contributed by atoms with Gasteiger partial charge in [-0.2, -0.15) is 0 Å². The number of piperidine rings is 1. The zero-order valence-corrected chi connectivity index (χ0v) is 22.4. The second kappa shape index (κ2) is 10.7. The quantitative estimate of drug-likeness (QED) is 0.371. The third kappa shape index (κ3) is 5.55. The van der Waals surface area contributed by atoms with Crippen LogP contribution < -0.4 is 15.0 Å². The largest absolute Gasteiger partial charge is 0.486 e. The van der Waals surface area contributed by atoms with Gasteiger partial charge in [-0.15, -0.1) is 0 Å². The number of nitrogens with zero attached hydrogens (tertiary/aromatic N) is 4. The van der Waals surface area contributed by atoms with Crippen LogP contribution in [0.25, 0.3) is 11.3 Å². The first kappa shape index (κ1) is 25.9. The number of halogens is 3. The Morgan fingerprint density at radius 3 is 2.49 bits per heavy atom. The van der Waals surface area contributed by atoms with Gasteiger partial charge in [-0.05, 0) is 94.3 Å². The molecular formula is C30H34F3N5O. The molecule has 6 rings (SSSR count). The maximum atomic E-state index is 15.2. The van der Waals surface area contributed by atoms with E-state index in [1.807, 2.05) is 24.8 Å². The zero-order valence-electron chi connectivity index (χ0n) is 22.4. The van der Waals surface area contributed by atoms with Crippen LogP contribution in [0.1, 0.15) is 51.0 Å². The summed E-state index contributed by atoms with van der Waals surface area (Å²) in [5.74, 6) is -0.186. The Kier molecular flexibility index (Phi) is 7.10. The van der Waals surface area contributed by atoms with Crippen molar-refractivity contribution in [3.05, 3.63) is 59.5 Å². The van der Waals surface area contributed by atoms with Crippen molar-refractivity contribution in [3.8, 4) is 17.0 Å². The summed E-state index contributed by atoms with van der Waals surface area (Å²) in [6, 6.07) is 8.09. The number of fused-ring (bicyclic) bond motifs is 1. The summed E-state index contributed by atoms with van der Waals surface area (Å²) in [4.78, 5) is 12.9. The summed E-state index contributed by atoms with van der Waals surface area (Å²) in [5, 5.41) is 2.99. The third-order valence-electron chi connectivity index (χ3n) is 8.05. The molecule has 39 heavy (non-hydrogen) atoms. The van der Waals surface area contributed by atoms with E-state index in [0.717, 1.165) is 43.6 Å². The van der Waals surface area contributed by atoms with Crippen LogP contribution in [0, 0.1) is 23.4 Å². The van der Waals surface area contributed by atoms with Crippen LogP contribution in [0.3, 0.4) is 0 Å². The number of aromatic nitrogens is 2. The molecule has 2 aliphatic heterocycles. The van der Waals surface area contributed by atoms with Gasteiger partial charge < -0.3 is 19.9 Å². The van der Waals surface area contributed by atoms with E-state index < -0.39 is 11.6 Å². The summed E-state index contributed by atoms with van der Waals surface area (Å²) in [6.45, 7) is 8.21. The first-order chi connectivity index (χ1) is 18.9. The normalized spacial score (nSPS) is 18.3. The smallest absolute Gasteiger partial charge is 0.227 e. The Morgan fingerprint density at radius 2 is 1.77 bits per heavy atom. The number of nitrogens with one attached hydrogen (secondary N) is 1. The molecule has 0 amide bonds. The summed E-state index contributed by atoms with van der Waals surface area (Å²) >= 11 is 0. The van der Waals surface area contributed by atoms with Crippen LogP contribution in [-0.2, 0) is 0 Å². The van der Waals surface area contributed by atoms with Gasteiger partial charge in [0.2, 0.25) is 5.95 Å². The highest BCUT2D eigenvalue weighted by atomic mass is 19.1. The molecule has 206 valence electrons. The van der Waals surface area contributed by atoms with Crippen LogP contribution in [0.2, 0.25) is 0 Å². The summed E-state index contributed by atoms with van der Waals surface area (Å²) in [7, 11) is 0. The van der Waals surface area contributed by atoms with Crippen molar-refractivity contribution in [3.63, 3.8) is 0 Å². The summed E-state index contributed by atoms with van der Waals surface area (Å²) < 4.78 is 50.5. The van der Waals surface area contributed by atoms with E-state index >= 15 is 4.39 Å². The molecule has 1 aromatic heterocycles. The van der Waals surface area contributed by atoms with E-state index in [4.69, 9.17) is 4.74 Å². The van der Waals surface area contributed by atoms with E-state index in [0.29, 0.717) is 24.5 Å². The van der Waals surface area contributed by atoms with Crippen molar-refractivity contribution in [2.45, 2.75) is 51.5 Å². The van der Waals surface area contributed by atoms with Gasteiger partial charge in [0, 0.05) is 23.8 Å². The molecule has 3 aliphatic rings. The molecule has 1 N–H and O–H groups in total. The second-order valence-corrected chi connectivity index (χ2v) is 11.2. The van der Waals surface area contributed by atoms with E-state index in [9.17, 15) is 8.78 Å². The molecule has 0 bridgehead atoms. The maximum absolute atomic E-state index is 15.2. The van der Waals surface area contributed by atoms with Crippen molar-refractivity contribution >= 4 is 17.3 Å². The second-order valence-electron chi connectivity index (χ2n) is 11.2. The van der Waals surface area contributed by atoms with Crippen LogP contribution in [0.15, 0.2) is 36.5 Å². The minimum Gasteiger partial charge on any atom is -0.486 e. The van der Waals surface area contributed by atoms with E-state index in [1.165, 1.54) is 31.5 Å². The van der Waals surface area contributed by atoms with Crippen molar-refractivity contribution in [1.29, 1.82) is 0 Å². The fraction of sp³-hybridized carbons (Fsp3) is 0.467. The van der Waals surface area contributed by atoms with E-state index in [2.05, 4.69) is 20.2 Å². The minimum atomic E-state index is -0.678. The van der Waals surface area contributed by atoms with Gasteiger partial charge in [-0.25, -0.2) is 23.1 Å². The Labute approximate surface area is 227 Å². The number of benzene rings is 2. The number of rotatable bonds is 7. The first-order valence-electron chi connectivity index (χ1n) is 13.9. The zero-order chi connectivity index (χ0) is 27.1. The number of hydrogen-bond acceptors (Lipinski definition) is 6. The lowest BCUT2D eigenvalue weighted by molar-refractivity contribution is 0.203. The van der Waals surface area contributed by atoms with Gasteiger partial charge in [0.15, 0.2) is 17.4 Å². The van der Waals surface area contributed by atoms with Gasteiger partial charge in [-0.3, -0.25) is 0 Å². The fourth-order valence-corrected chi connectivity index (χ4v) is 5.76. The lowest BCUT2D eigenvalue weighted by Crippen LogP contribution is -2.38. The molecule has 9 heteroatoms. The Hall–Kier alpha value is -3.33. The molecular weight excluding hydrogens is 503 g/mol. The lowest BCUT2D eigenvalue weighted by atomic mass is 9.89. The molecule has 2 fully saturated rings. The molecule has 2 aromatic carbocycles. The molecule has 0 unspecified atom stereocenters. The van der Waals surface area contributed by atoms with Gasteiger partial charge >= 0.3 is 0 Å². The molecule has 6 nitrogen and oxygen atoms in total. The lowest BCUT2D eigenvalue weighted by Gasteiger charge is -2.34. The van der Waals surface area contributed by atoms with Gasteiger partial charge in [0.1, 0.15) is 18.1 Å². The Morgan fingerprint density at radius 1 is 0.974 bits per heavy atom. The standard InChI is InChI=1S/C30H34F3N5O/c1-18(2)38-11-12-39-29-25(32)13-21(14-27(29)38)28-26(33)16-34-30(36-28)35-22-5-6-23(24(31)15-22)20-7-9-37(10-8-20)17-19-3-4-19/h5-6,13-16,18-20H,3-4,7-12,17H2,1-2H3,(H,34,35,36). The minimum absolute atomic E-state index is 0.0430. The molecule has 0 radical (unpaired) electrons. The summed E-state index contributed by atoms with van der Waals surface area (Å²) in [6.07, 6.45) is 5.64. The SMILES string of the molecule is CC(C)N1CCOc2c(F)cc(-c3nc(Nc4ccc(C5CCN(CC6CC6)CC5)c(F)c4)ncc3F)cc21.